The summed E-state index contributed by atoms with van der Waals surface area (Å²) >= 11 is 6.62. The van der Waals surface area contributed by atoms with Crippen LogP contribution < -0.4 is 10.1 Å². The lowest BCUT2D eigenvalue weighted by Gasteiger charge is -2.33. The minimum Gasteiger partial charge on any atom is -0.490 e. The number of fused-ring (bicyclic) bond motifs is 1. The number of alkyl carbamates (subject to hydrolysis) is 1. The molecule has 0 saturated carbocycles. The van der Waals surface area contributed by atoms with Crippen LogP contribution in [0.2, 0.25) is 5.02 Å². The van der Waals surface area contributed by atoms with Crippen LogP contribution in [0, 0.1) is 19.8 Å². The zero-order valence-corrected chi connectivity index (χ0v) is 22.1. The van der Waals surface area contributed by atoms with E-state index >= 15 is 0 Å². The molecule has 3 rings (SSSR count). The first kappa shape index (κ1) is 25.8. The van der Waals surface area contributed by atoms with Gasteiger partial charge in [0.2, 0.25) is 0 Å². The van der Waals surface area contributed by atoms with Gasteiger partial charge < -0.3 is 14.8 Å². The lowest BCUT2D eigenvalue weighted by molar-refractivity contribution is 0.0408. The van der Waals surface area contributed by atoms with Gasteiger partial charge in [-0.2, -0.15) is 5.10 Å². The second-order valence-electron chi connectivity index (χ2n) is 10.6. The molecule has 1 aromatic carbocycles. The maximum absolute atomic E-state index is 12.4. The van der Waals surface area contributed by atoms with Crippen molar-refractivity contribution < 1.29 is 14.3 Å². The number of nitrogens with zero attached hydrogens (tertiary/aromatic N) is 3. The molecule has 1 N–H and O–H groups in total. The fourth-order valence-electron chi connectivity index (χ4n) is 4.03. The second kappa shape index (κ2) is 9.82. The zero-order valence-electron chi connectivity index (χ0n) is 21.3. The maximum Gasteiger partial charge on any atom is 0.408 e. The van der Waals surface area contributed by atoms with Gasteiger partial charge in [0.05, 0.1) is 21.9 Å². The number of benzene rings is 1. The van der Waals surface area contributed by atoms with E-state index in [-0.39, 0.29) is 6.61 Å². The summed E-state index contributed by atoms with van der Waals surface area (Å²) in [6.45, 7) is 15.8. The molecule has 0 aliphatic carbocycles. The number of rotatable bonds is 7. The Morgan fingerprint density at radius 2 is 1.82 bits per heavy atom. The number of amides is 1. The number of aryl methyl sites for hydroxylation is 2. The molecule has 0 spiro atoms. The van der Waals surface area contributed by atoms with E-state index < -0.39 is 17.2 Å². The highest BCUT2D eigenvalue weighted by Gasteiger charge is 2.31. The summed E-state index contributed by atoms with van der Waals surface area (Å²) in [5, 5.41) is 8.03. The molecule has 0 aliphatic rings. The first-order valence-corrected chi connectivity index (χ1v) is 11.9. The summed E-state index contributed by atoms with van der Waals surface area (Å²) in [6, 6.07) is 9.59. The maximum atomic E-state index is 12.4. The quantitative estimate of drug-likeness (QED) is 0.419. The van der Waals surface area contributed by atoms with Gasteiger partial charge >= 0.3 is 6.09 Å². The first-order valence-electron chi connectivity index (χ1n) is 11.5. The Kier molecular flexibility index (Phi) is 7.46. The molecule has 184 valence electrons. The number of aromatic nitrogens is 3. The lowest BCUT2D eigenvalue weighted by atomic mass is 9.91. The predicted octanol–water partition coefficient (Wildman–Crippen LogP) is 6.37. The van der Waals surface area contributed by atoms with Gasteiger partial charge in [-0.1, -0.05) is 25.4 Å². The van der Waals surface area contributed by atoms with Crippen molar-refractivity contribution >= 4 is 23.3 Å². The molecule has 0 saturated heterocycles. The third kappa shape index (κ3) is 6.63. The normalized spacial score (nSPS) is 13.7. The Hall–Kier alpha value is -2.80. The molecule has 3 aromatic rings. The van der Waals surface area contributed by atoms with Gasteiger partial charge in [0.25, 0.3) is 0 Å². The van der Waals surface area contributed by atoms with Crippen LogP contribution in [-0.4, -0.2) is 38.4 Å². The molecule has 0 bridgehead atoms. The number of hydrogen-bond donors (Lipinski definition) is 1. The van der Waals surface area contributed by atoms with E-state index in [1.807, 2.05) is 76.4 Å². The highest BCUT2D eigenvalue weighted by molar-refractivity contribution is 6.32. The van der Waals surface area contributed by atoms with Gasteiger partial charge in [0.15, 0.2) is 5.65 Å². The van der Waals surface area contributed by atoms with Gasteiger partial charge in [-0.15, -0.1) is 0 Å². The molecule has 2 aromatic heterocycles. The fourth-order valence-corrected chi connectivity index (χ4v) is 4.27. The molecular weight excluding hydrogens is 452 g/mol. The van der Waals surface area contributed by atoms with Gasteiger partial charge in [0, 0.05) is 17.3 Å². The molecular formula is C26H35ClN4O3. The standard InChI is InChI=1S/C26H35ClN4O3/c1-16(2)14-26(8,29-24(32)34-25(5,6)7)15-33-22-10-9-19(13-20(22)27)21-11-17(3)28-23-12-18(4)30-31(21)23/h9-13,16H,14-15H2,1-8H3,(H,29,32). The van der Waals surface area contributed by atoms with E-state index in [0.717, 1.165) is 34.7 Å². The van der Waals surface area contributed by atoms with Crippen LogP contribution in [-0.2, 0) is 4.74 Å². The predicted molar refractivity (Wildman–Crippen MR) is 136 cm³/mol. The molecule has 0 aliphatic heterocycles. The first-order chi connectivity index (χ1) is 15.7. The average molecular weight is 487 g/mol. The van der Waals surface area contributed by atoms with Gasteiger partial charge in [0.1, 0.15) is 18.0 Å². The van der Waals surface area contributed by atoms with E-state index in [0.29, 0.717) is 16.7 Å². The highest BCUT2D eigenvalue weighted by atomic mass is 35.5. The number of hydrogen-bond acceptors (Lipinski definition) is 5. The monoisotopic (exact) mass is 486 g/mol. The summed E-state index contributed by atoms with van der Waals surface area (Å²) in [7, 11) is 0. The van der Waals surface area contributed by atoms with Crippen LogP contribution in [0.4, 0.5) is 4.79 Å². The van der Waals surface area contributed by atoms with E-state index in [2.05, 4.69) is 29.2 Å². The molecule has 8 heteroatoms. The average Bonchev–Trinajstić information content (AvgIpc) is 3.03. The van der Waals surface area contributed by atoms with E-state index in [1.54, 1.807) is 0 Å². The Labute approximate surface area is 206 Å². The van der Waals surface area contributed by atoms with Crippen LogP contribution in [0.5, 0.6) is 5.75 Å². The summed E-state index contributed by atoms with van der Waals surface area (Å²) in [5.74, 6) is 0.890. The van der Waals surface area contributed by atoms with Crippen LogP contribution >= 0.6 is 11.6 Å². The summed E-state index contributed by atoms with van der Waals surface area (Å²) in [6.07, 6.45) is 0.252. The van der Waals surface area contributed by atoms with Crippen molar-refractivity contribution in [3.05, 3.63) is 46.7 Å². The molecule has 34 heavy (non-hydrogen) atoms. The van der Waals surface area contributed by atoms with Gasteiger partial charge in [-0.3, -0.25) is 0 Å². The minimum absolute atomic E-state index is 0.250. The van der Waals surface area contributed by atoms with Gasteiger partial charge in [-0.05, 0) is 78.1 Å². The van der Waals surface area contributed by atoms with Crippen molar-refractivity contribution in [2.24, 2.45) is 5.92 Å². The van der Waals surface area contributed by atoms with E-state index in [9.17, 15) is 4.79 Å². The van der Waals surface area contributed by atoms with Crippen LogP contribution in [0.25, 0.3) is 16.9 Å². The van der Waals surface area contributed by atoms with Crippen molar-refractivity contribution in [1.29, 1.82) is 0 Å². The highest BCUT2D eigenvalue weighted by Crippen LogP contribution is 2.32. The van der Waals surface area contributed by atoms with Crippen molar-refractivity contribution in [3.63, 3.8) is 0 Å². The van der Waals surface area contributed by atoms with Crippen molar-refractivity contribution in [2.75, 3.05) is 6.61 Å². The number of nitrogens with one attached hydrogen (secondary N) is 1. The number of halogens is 1. The molecule has 0 fully saturated rings. The Bertz CT molecular complexity index is 1180. The van der Waals surface area contributed by atoms with E-state index in [1.165, 1.54) is 0 Å². The fraction of sp³-hybridized carbons (Fsp3) is 0.500. The Morgan fingerprint density at radius 1 is 1.12 bits per heavy atom. The summed E-state index contributed by atoms with van der Waals surface area (Å²) in [4.78, 5) is 17.0. The third-order valence-corrected chi connectivity index (χ3v) is 5.41. The molecule has 1 atom stereocenters. The largest absolute Gasteiger partial charge is 0.490 e. The number of ether oxygens (including phenoxy) is 2. The summed E-state index contributed by atoms with van der Waals surface area (Å²) in [5.41, 5.74) is 3.20. The lowest BCUT2D eigenvalue weighted by Crippen LogP contribution is -2.52. The van der Waals surface area contributed by atoms with Crippen LogP contribution in [0.3, 0.4) is 0 Å². The van der Waals surface area contributed by atoms with Gasteiger partial charge in [-0.25, -0.2) is 14.3 Å². The van der Waals surface area contributed by atoms with Crippen molar-refractivity contribution in [3.8, 4) is 17.0 Å². The van der Waals surface area contributed by atoms with Crippen LogP contribution in [0.15, 0.2) is 30.3 Å². The van der Waals surface area contributed by atoms with Crippen LogP contribution in [0.1, 0.15) is 59.4 Å². The second-order valence-corrected chi connectivity index (χ2v) is 11.0. The topological polar surface area (TPSA) is 77.8 Å². The number of carbonyl (C=O) groups excluding carboxylic acids is 1. The van der Waals surface area contributed by atoms with Crippen molar-refractivity contribution in [1.82, 2.24) is 19.9 Å². The van der Waals surface area contributed by atoms with E-state index in [4.69, 9.17) is 21.1 Å². The summed E-state index contributed by atoms with van der Waals surface area (Å²) < 4.78 is 13.4. The Morgan fingerprint density at radius 3 is 2.44 bits per heavy atom. The number of carbonyl (C=O) groups is 1. The molecule has 0 radical (unpaired) electrons. The zero-order chi connectivity index (χ0) is 25.3. The molecule has 1 amide bonds. The van der Waals surface area contributed by atoms with Crippen molar-refractivity contribution in [2.45, 2.75) is 73.0 Å². The molecule has 2 heterocycles. The SMILES string of the molecule is Cc1cc(-c2ccc(OCC(C)(CC(C)C)NC(=O)OC(C)(C)C)c(Cl)c2)n2nc(C)cc2n1. The smallest absolute Gasteiger partial charge is 0.408 e. The molecule has 1 unspecified atom stereocenters. The molecule has 7 nitrogen and oxygen atoms in total. The Balaban J connectivity index is 1.81. The minimum atomic E-state index is -0.626. The third-order valence-electron chi connectivity index (χ3n) is 5.11.